The van der Waals surface area contributed by atoms with Gasteiger partial charge in [-0.2, -0.15) is 14.0 Å². The van der Waals surface area contributed by atoms with Gasteiger partial charge in [0.1, 0.15) is 11.6 Å². The normalized spacial score (nSPS) is 10.7. The molecule has 3 nitrogen and oxygen atoms in total. The maximum Gasteiger partial charge on any atom is 0.235 e. The van der Waals surface area contributed by atoms with Gasteiger partial charge in [0.15, 0.2) is 11.6 Å². The van der Waals surface area contributed by atoms with Crippen LogP contribution in [-0.4, -0.2) is 6.21 Å². The third-order valence-corrected chi connectivity index (χ3v) is 2.72. The van der Waals surface area contributed by atoms with Crippen LogP contribution in [0.4, 0.5) is 17.6 Å². The molecule has 0 N–H and O–H groups in total. The summed E-state index contributed by atoms with van der Waals surface area (Å²) in [6, 6.07) is 7.93. The minimum Gasteiger partial charge on any atom is -0.350 e. The predicted octanol–water partition coefficient (Wildman–Crippen LogP) is 3.84. The molecule has 2 rings (SSSR count). The fraction of sp³-hybridized carbons (Fsp3) is 0.0667. The van der Waals surface area contributed by atoms with Crippen LogP contribution in [0.3, 0.4) is 0 Å². The summed E-state index contributed by atoms with van der Waals surface area (Å²) < 4.78 is 53.8. The molecule has 0 aliphatic heterocycles. The fourth-order valence-electron chi connectivity index (χ4n) is 1.68. The number of hydrogen-bond donors (Lipinski definition) is 0. The Labute approximate surface area is 123 Å². The Balaban J connectivity index is 2.33. The molecular formula is C15H8F4N2O. The standard InChI is InChI=1S/C15H8F4N2O/c1-8-3-2-4-9(5-8)7-21-22-15-13(18)11(16)10(6-20)12(17)14(15)19/h2-5,7H,1H3/b21-7+. The molecule has 2 aromatic rings. The summed E-state index contributed by atoms with van der Waals surface area (Å²) in [4.78, 5) is 4.40. The van der Waals surface area contributed by atoms with Crippen molar-refractivity contribution in [3.05, 3.63) is 64.2 Å². The quantitative estimate of drug-likeness (QED) is 0.374. The van der Waals surface area contributed by atoms with Crippen molar-refractivity contribution in [2.24, 2.45) is 5.16 Å². The zero-order valence-corrected chi connectivity index (χ0v) is 11.2. The number of halogens is 4. The van der Waals surface area contributed by atoms with Gasteiger partial charge in [-0.25, -0.2) is 8.78 Å². The lowest BCUT2D eigenvalue weighted by Gasteiger charge is -2.05. The van der Waals surface area contributed by atoms with E-state index in [4.69, 9.17) is 5.26 Å². The summed E-state index contributed by atoms with van der Waals surface area (Å²) in [6.45, 7) is 1.82. The first-order valence-electron chi connectivity index (χ1n) is 5.98. The average molecular weight is 308 g/mol. The van der Waals surface area contributed by atoms with E-state index in [0.29, 0.717) is 5.56 Å². The van der Waals surface area contributed by atoms with Crippen LogP contribution in [0.5, 0.6) is 5.75 Å². The van der Waals surface area contributed by atoms with Gasteiger partial charge in [0.05, 0.1) is 6.21 Å². The van der Waals surface area contributed by atoms with Crippen molar-refractivity contribution < 1.29 is 22.4 Å². The number of benzene rings is 2. The van der Waals surface area contributed by atoms with Gasteiger partial charge in [-0.05, 0) is 12.5 Å². The van der Waals surface area contributed by atoms with E-state index in [1.807, 2.05) is 13.0 Å². The number of hydrogen-bond acceptors (Lipinski definition) is 3. The third-order valence-electron chi connectivity index (χ3n) is 2.72. The van der Waals surface area contributed by atoms with Crippen LogP contribution in [0.25, 0.3) is 0 Å². The summed E-state index contributed by atoms with van der Waals surface area (Å²) in [5.41, 5.74) is 0.122. The van der Waals surface area contributed by atoms with Gasteiger partial charge in [0.25, 0.3) is 0 Å². The molecule has 0 atom stereocenters. The highest BCUT2D eigenvalue weighted by Crippen LogP contribution is 2.29. The van der Waals surface area contributed by atoms with Crippen molar-refractivity contribution in [1.82, 2.24) is 0 Å². The Morgan fingerprint density at radius 1 is 1.09 bits per heavy atom. The molecule has 0 aromatic heterocycles. The number of oxime groups is 1. The van der Waals surface area contributed by atoms with Crippen molar-refractivity contribution in [3.8, 4) is 11.8 Å². The second kappa shape index (κ2) is 6.26. The largest absolute Gasteiger partial charge is 0.350 e. The zero-order valence-electron chi connectivity index (χ0n) is 11.2. The maximum atomic E-state index is 13.5. The zero-order chi connectivity index (χ0) is 16.3. The van der Waals surface area contributed by atoms with Crippen LogP contribution in [0.1, 0.15) is 16.7 Å². The molecule has 0 saturated carbocycles. The topological polar surface area (TPSA) is 45.4 Å². The van der Waals surface area contributed by atoms with Crippen LogP contribution in [-0.2, 0) is 0 Å². The van der Waals surface area contributed by atoms with Crippen molar-refractivity contribution >= 4 is 6.21 Å². The lowest BCUT2D eigenvalue weighted by Crippen LogP contribution is -2.04. The van der Waals surface area contributed by atoms with Crippen LogP contribution in [0.2, 0.25) is 0 Å². The molecule has 22 heavy (non-hydrogen) atoms. The highest BCUT2D eigenvalue weighted by molar-refractivity contribution is 5.79. The summed E-state index contributed by atoms with van der Waals surface area (Å²) in [5, 5.41) is 11.7. The van der Waals surface area contributed by atoms with Crippen molar-refractivity contribution in [2.45, 2.75) is 6.92 Å². The molecule has 0 amide bonds. The Morgan fingerprint density at radius 2 is 1.73 bits per heavy atom. The van der Waals surface area contributed by atoms with E-state index in [2.05, 4.69) is 9.99 Å². The van der Waals surface area contributed by atoms with Gasteiger partial charge >= 0.3 is 0 Å². The summed E-state index contributed by atoms with van der Waals surface area (Å²) in [7, 11) is 0. The third kappa shape index (κ3) is 2.91. The Bertz CT molecular complexity index is 768. The highest BCUT2D eigenvalue weighted by Gasteiger charge is 2.27. The summed E-state index contributed by atoms with van der Waals surface area (Å²) in [6.07, 6.45) is 1.12. The molecule has 2 aromatic carbocycles. The number of rotatable bonds is 3. The lowest BCUT2D eigenvalue weighted by atomic mass is 10.2. The van der Waals surface area contributed by atoms with E-state index in [1.165, 1.54) is 0 Å². The molecule has 0 unspecified atom stereocenters. The van der Waals surface area contributed by atoms with E-state index in [0.717, 1.165) is 17.8 Å². The van der Waals surface area contributed by atoms with Gasteiger partial charge in [-0.15, -0.1) is 0 Å². The van der Waals surface area contributed by atoms with E-state index >= 15 is 0 Å². The average Bonchev–Trinajstić information content (AvgIpc) is 2.49. The molecule has 0 heterocycles. The van der Waals surface area contributed by atoms with Crippen LogP contribution in [0.15, 0.2) is 29.4 Å². The Kier molecular flexibility index (Phi) is 4.41. The fourth-order valence-corrected chi connectivity index (χ4v) is 1.68. The van der Waals surface area contributed by atoms with Crippen molar-refractivity contribution in [3.63, 3.8) is 0 Å². The molecule has 0 aliphatic carbocycles. The summed E-state index contributed by atoms with van der Waals surface area (Å²) >= 11 is 0. The van der Waals surface area contributed by atoms with Crippen LogP contribution < -0.4 is 4.84 Å². The summed E-state index contributed by atoms with van der Waals surface area (Å²) in [5.74, 6) is -8.66. The molecule has 0 fully saturated rings. The second-order valence-electron chi connectivity index (χ2n) is 4.31. The highest BCUT2D eigenvalue weighted by atomic mass is 19.2. The van der Waals surface area contributed by atoms with Crippen molar-refractivity contribution in [1.29, 1.82) is 5.26 Å². The first kappa shape index (κ1) is 15.5. The molecule has 7 heteroatoms. The lowest BCUT2D eigenvalue weighted by molar-refractivity contribution is 0.287. The molecule has 0 radical (unpaired) electrons. The van der Waals surface area contributed by atoms with Crippen LogP contribution >= 0.6 is 0 Å². The SMILES string of the molecule is Cc1cccc(/C=N/Oc2c(F)c(F)c(C#N)c(F)c2F)c1. The molecule has 0 saturated heterocycles. The van der Waals surface area contributed by atoms with Gasteiger partial charge in [-0.3, -0.25) is 0 Å². The maximum absolute atomic E-state index is 13.5. The number of nitrogens with zero attached hydrogens (tertiary/aromatic N) is 2. The van der Waals surface area contributed by atoms with E-state index in [1.54, 1.807) is 18.2 Å². The minimum absolute atomic E-state index is 0.565. The van der Waals surface area contributed by atoms with E-state index in [-0.39, 0.29) is 0 Å². The molecule has 0 bridgehead atoms. The minimum atomic E-state index is -1.83. The predicted molar refractivity (Wildman–Crippen MR) is 70.4 cm³/mol. The van der Waals surface area contributed by atoms with Gasteiger partial charge in [0.2, 0.25) is 17.4 Å². The first-order valence-corrected chi connectivity index (χ1v) is 5.98. The first-order chi connectivity index (χ1) is 10.5. The Morgan fingerprint density at radius 3 is 2.27 bits per heavy atom. The number of aryl methyl sites for hydroxylation is 1. The smallest absolute Gasteiger partial charge is 0.235 e. The second-order valence-corrected chi connectivity index (χ2v) is 4.31. The van der Waals surface area contributed by atoms with E-state index < -0.39 is 34.6 Å². The van der Waals surface area contributed by atoms with Gasteiger partial charge in [0, 0.05) is 0 Å². The van der Waals surface area contributed by atoms with Gasteiger partial charge < -0.3 is 4.84 Å². The van der Waals surface area contributed by atoms with Gasteiger partial charge in [-0.1, -0.05) is 35.0 Å². The van der Waals surface area contributed by atoms with E-state index in [9.17, 15) is 17.6 Å². The number of nitriles is 1. The molecule has 0 aliphatic rings. The van der Waals surface area contributed by atoms with Crippen LogP contribution in [0, 0.1) is 41.5 Å². The Hall–Kier alpha value is -2.88. The molecular weight excluding hydrogens is 300 g/mol. The van der Waals surface area contributed by atoms with Crippen molar-refractivity contribution in [2.75, 3.05) is 0 Å². The molecule has 112 valence electrons. The monoisotopic (exact) mass is 308 g/mol. The molecule has 0 spiro atoms.